The molecule has 1 aromatic carbocycles. The standard InChI is InChI=1S/C19H25ClN2O5S/c1-26-17-10-13(9-14(20)19(17)27-2)5-6-18(23)21-15-11-28(24,25)12-16(15)22-7-3-4-8-22/h5-6,9-10,15-16H,3-4,7-8,11-12H2,1-2H3,(H,21,23)/b6-5+. The number of carbonyl (C=O) groups excluding carboxylic acids is 1. The van der Waals surface area contributed by atoms with E-state index in [-0.39, 0.29) is 23.5 Å². The van der Waals surface area contributed by atoms with Crippen LogP contribution >= 0.6 is 11.6 Å². The fourth-order valence-corrected chi connectivity index (χ4v) is 6.09. The van der Waals surface area contributed by atoms with E-state index < -0.39 is 15.9 Å². The summed E-state index contributed by atoms with van der Waals surface area (Å²) < 4.78 is 34.6. The van der Waals surface area contributed by atoms with E-state index in [2.05, 4.69) is 10.2 Å². The second-order valence-electron chi connectivity index (χ2n) is 7.07. The Morgan fingerprint density at radius 3 is 2.57 bits per heavy atom. The minimum Gasteiger partial charge on any atom is -0.493 e. The van der Waals surface area contributed by atoms with Gasteiger partial charge >= 0.3 is 0 Å². The van der Waals surface area contributed by atoms with E-state index in [1.807, 2.05) is 0 Å². The van der Waals surface area contributed by atoms with Crippen molar-refractivity contribution in [3.63, 3.8) is 0 Å². The molecule has 2 fully saturated rings. The molecule has 2 saturated heterocycles. The summed E-state index contributed by atoms with van der Waals surface area (Å²) >= 11 is 6.18. The number of benzene rings is 1. The molecular weight excluding hydrogens is 404 g/mol. The third-order valence-electron chi connectivity index (χ3n) is 5.14. The fraction of sp³-hybridized carbons (Fsp3) is 0.526. The topological polar surface area (TPSA) is 84.9 Å². The number of nitrogens with zero attached hydrogens (tertiary/aromatic N) is 1. The lowest BCUT2D eigenvalue weighted by atomic mass is 10.1. The number of amides is 1. The molecule has 2 unspecified atom stereocenters. The van der Waals surface area contributed by atoms with Gasteiger partial charge in [-0.1, -0.05) is 11.6 Å². The second kappa shape index (κ2) is 8.71. The van der Waals surface area contributed by atoms with Gasteiger partial charge in [0.2, 0.25) is 5.91 Å². The average Bonchev–Trinajstić information content (AvgIpc) is 3.26. The van der Waals surface area contributed by atoms with Crippen LogP contribution in [0.25, 0.3) is 6.08 Å². The van der Waals surface area contributed by atoms with Gasteiger partial charge in [0.15, 0.2) is 21.3 Å². The van der Waals surface area contributed by atoms with Crippen LogP contribution in [0, 0.1) is 0 Å². The maximum absolute atomic E-state index is 12.4. The number of ether oxygens (including phenoxy) is 2. The summed E-state index contributed by atoms with van der Waals surface area (Å²) in [6.45, 7) is 1.76. The largest absolute Gasteiger partial charge is 0.493 e. The predicted octanol–water partition coefficient (Wildman–Crippen LogP) is 1.75. The van der Waals surface area contributed by atoms with Crippen molar-refractivity contribution in [2.24, 2.45) is 0 Å². The van der Waals surface area contributed by atoms with E-state index in [1.165, 1.54) is 20.3 Å². The summed E-state index contributed by atoms with van der Waals surface area (Å²) in [5.41, 5.74) is 0.674. The molecule has 2 aliphatic rings. The van der Waals surface area contributed by atoms with Crippen molar-refractivity contribution in [2.75, 3.05) is 38.8 Å². The van der Waals surface area contributed by atoms with Crippen molar-refractivity contribution in [3.8, 4) is 11.5 Å². The Morgan fingerprint density at radius 2 is 1.93 bits per heavy atom. The van der Waals surface area contributed by atoms with Crippen molar-refractivity contribution in [1.82, 2.24) is 10.2 Å². The first-order valence-corrected chi connectivity index (χ1v) is 11.4. The van der Waals surface area contributed by atoms with E-state index >= 15 is 0 Å². The lowest BCUT2D eigenvalue weighted by Crippen LogP contribution is -2.49. The summed E-state index contributed by atoms with van der Waals surface area (Å²) in [7, 11) is -0.139. The lowest BCUT2D eigenvalue weighted by Gasteiger charge is -2.28. The van der Waals surface area contributed by atoms with Crippen LogP contribution in [-0.4, -0.2) is 70.1 Å². The smallest absolute Gasteiger partial charge is 0.244 e. The SMILES string of the molecule is COc1cc(/C=C/C(=O)NC2CS(=O)(=O)CC2N2CCCC2)cc(Cl)c1OC. The van der Waals surface area contributed by atoms with Crippen LogP contribution in [0.4, 0.5) is 0 Å². The molecule has 1 amide bonds. The normalized spacial score (nSPS) is 24.5. The van der Waals surface area contributed by atoms with Gasteiger partial charge in [0, 0.05) is 12.1 Å². The summed E-state index contributed by atoms with van der Waals surface area (Å²) in [6.07, 6.45) is 5.12. The first kappa shape index (κ1) is 21.0. The van der Waals surface area contributed by atoms with E-state index in [9.17, 15) is 13.2 Å². The zero-order chi connectivity index (χ0) is 20.3. The Hall–Kier alpha value is -1.77. The average molecular weight is 429 g/mol. The number of rotatable bonds is 6. The quantitative estimate of drug-likeness (QED) is 0.695. The maximum Gasteiger partial charge on any atom is 0.244 e. The van der Waals surface area contributed by atoms with Crippen molar-refractivity contribution >= 4 is 33.4 Å². The molecule has 0 spiro atoms. The van der Waals surface area contributed by atoms with Crippen LogP contribution in [0.1, 0.15) is 18.4 Å². The van der Waals surface area contributed by atoms with E-state index in [1.54, 1.807) is 18.2 Å². The predicted molar refractivity (Wildman–Crippen MR) is 109 cm³/mol. The van der Waals surface area contributed by atoms with Crippen molar-refractivity contribution in [1.29, 1.82) is 0 Å². The van der Waals surface area contributed by atoms with Gasteiger partial charge in [-0.05, 0) is 49.7 Å². The van der Waals surface area contributed by atoms with E-state index in [4.69, 9.17) is 21.1 Å². The Balaban J connectivity index is 1.70. The summed E-state index contributed by atoms with van der Waals surface area (Å²) in [4.78, 5) is 14.6. The third kappa shape index (κ3) is 4.79. The first-order valence-electron chi connectivity index (χ1n) is 9.17. The monoisotopic (exact) mass is 428 g/mol. The first-order chi connectivity index (χ1) is 13.3. The highest BCUT2D eigenvalue weighted by Gasteiger charge is 2.42. The molecule has 1 N–H and O–H groups in total. The number of hydrogen-bond donors (Lipinski definition) is 1. The highest BCUT2D eigenvalue weighted by Crippen LogP contribution is 2.36. The molecule has 0 radical (unpaired) electrons. The van der Waals surface area contributed by atoms with Gasteiger partial charge in [0.25, 0.3) is 0 Å². The van der Waals surface area contributed by atoms with Crippen LogP contribution in [0.3, 0.4) is 0 Å². The van der Waals surface area contributed by atoms with Crippen LogP contribution in [0.2, 0.25) is 5.02 Å². The molecular formula is C19H25ClN2O5S. The van der Waals surface area contributed by atoms with E-state index in [0.717, 1.165) is 25.9 Å². The molecule has 3 rings (SSSR count). The minimum absolute atomic E-state index is 0.0179. The molecule has 154 valence electrons. The zero-order valence-corrected chi connectivity index (χ0v) is 17.6. The zero-order valence-electron chi connectivity index (χ0n) is 16.0. The second-order valence-corrected chi connectivity index (χ2v) is 9.63. The molecule has 2 aliphatic heterocycles. The molecule has 0 saturated carbocycles. The van der Waals surface area contributed by atoms with Gasteiger partial charge in [0.05, 0.1) is 36.8 Å². The molecule has 7 nitrogen and oxygen atoms in total. The number of halogens is 1. The number of methoxy groups -OCH3 is 2. The highest BCUT2D eigenvalue weighted by molar-refractivity contribution is 7.91. The summed E-state index contributed by atoms with van der Waals surface area (Å²) in [5.74, 6) is 0.640. The molecule has 0 aromatic heterocycles. The number of hydrogen-bond acceptors (Lipinski definition) is 6. The molecule has 28 heavy (non-hydrogen) atoms. The summed E-state index contributed by atoms with van der Waals surface area (Å²) in [5, 5.41) is 3.24. The van der Waals surface area contributed by atoms with Gasteiger partial charge in [-0.3, -0.25) is 9.69 Å². The maximum atomic E-state index is 12.4. The number of nitrogens with one attached hydrogen (secondary N) is 1. The van der Waals surface area contributed by atoms with Gasteiger partial charge in [-0.2, -0.15) is 0 Å². The highest BCUT2D eigenvalue weighted by atomic mass is 35.5. The molecule has 0 aliphatic carbocycles. The van der Waals surface area contributed by atoms with Crippen molar-refractivity contribution in [3.05, 3.63) is 28.8 Å². The van der Waals surface area contributed by atoms with Gasteiger partial charge < -0.3 is 14.8 Å². The van der Waals surface area contributed by atoms with Gasteiger partial charge in [-0.25, -0.2) is 8.42 Å². The molecule has 1 aromatic rings. The minimum atomic E-state index is -3.15. The third-order valence-corrected chi connectivity index (χ3v) is 7.14. The number of sulfone groups is 1. The van der Waals surface area contributed by atoms with Crippen LogP contribution in [-0.2, 0) is 14.6 Å². The Labute approximate surface area is 170 Å². The van der Waals surface area contributed by atoms with E-state index in [0.29, 0.717) is 22.1 Å². The van der Waals surface area contributed by atoms with Crippen LogP contribution < -0.4 is 14.8 Å². The molecule has 2 atom stereocenters. The lowest BCUT2D eigenvalue weighted by molar-refractivity contribution is -0.117. The summed E-state index contributed by atoms with van der Waals surface area (Å²) in [6, 6.07) is 2.83. The van der Waals surface area contributed by atoms with Gasteiger partial charge in [0.1, 0.15) is 0 Å². The Morgan fingerprint density at radius 1 is 1.21 bits per heavy atom. The van der Waals surface area contributed by atoms with Crippen LogP contribution in [0.5, 0.6) is 11.5 Å². The number of likely N-dealkylation sites (tertiary alicyclic amines) is 1. The Bertz CT molecular complexity index is 865. The fourth-order valence-electron chi connectivity index (χ4n) is 3.84. The van der Waals surface area contributed by atoms with Crippen molar-refractivity contribution < 1.29 is 22.7 Å². The molecule has 0 bridgehead atoms. The van der Waals surface area contributed by atoms with Crippen LogP contribution in [0.15, 0.2) is 18.2 Å². The number of carbonyl (C=O) groups is 1. The van der Waals surface area contributed by atoms with Gasteiger partial charge in [-0.15, -0.1) is 0 Å². The Kier molecular flexibility index (Phi) is 6.52. The van der Waals surface area contributed by atoms with Crippen molar-refractivity contribution in [2.45, 2.75) is 24.9 Å². The molecule has 2 heterocycles. The molecule has 9 heteroatoms.